The van der Waals surface area contributed by atoms with Crippen LogP contribution in [0.3, 0.4) is 0 Å². The van der Waals surface area contributed by atoms with Gasteiger partial charge in [0.25, 0.3) is 0 Å². The Morgan fingerprint density at radius 3 is 3.07 bits per heavy atom. The van der Waals surface area contributed by atoms with E-state index < -0.39 is 12.1 Å². The molecule has 0 saturated heterocycles. The van der Waals surface area contributed by atoms with Crippen molar-refractivity contribution in [2.45, 2.75) is 12.5 Å². The molecule has 1 heterocycles. The molecule has 0 spiro atoms. The van der Waals surface area contributed by atoms with Crippen molar-refractivity contribution < 1.29 is 19.4 Å². The summed E-state index contributed by atoms with van der Waals surface area (Å²) in [5, 5.41) is 8.78. The van der Waals surface area contributed by atoms with E-state index in [1.54, 1.807) is 6.07 Å². The average molecular weight is 194 g/mol. The minimum Gasteiger partial charge on any atom is -0.493 e. The Bertz CT molecular complexity index is 372. The Morgan fingerprint density at radius 2 is 2.43 bits per heavy atom. The quantitative estimate of drug-likeness (QED) is 0.765. The van der Waals surface area contributed by atoms with Crippen LogP contribution in [0.15, 0.2) is 18.2 Å². The first-order valence-corrected chi connectivity index (χ1v) is 4.27. The minimum absolute atomic E-state index is 0.405. The molecule has 14 heavy (non-hydrogen) atoms. The zero-order valence-electron chi connectivity index (χ0n) is 7.69. The molecule has 0 aliphatic carbocycles. The maximum absolute atomic E-state index is 10.7. The largest absolute Gasteiger partial charge is 0.493 e. The van der Waals surface area contributed by atoms with Crippen LogP contribution in [-0.2, 0) is 11.2 Å². The van der Waals surface area contributed by atoms with Crippen molar-refractivity contribution in [1.29, 1.82) is 0 Å². The van der Waals surface area contributed by atoms with Crippen molar-refractivity contribution in [3.05, 3.63) is 23.8 Å². The van der Waals surface area contributed by atoms with Gasteiger partial charge in [0, 0.05) is 12.0 Å². The third kappa shape index (κ3) is 1.28. The fourth-order valence-electron chi connectivity index (χ4n) is 1.54. The van der Waals surface area contributed by atoms with Gasteiger partial charge >= 0.3 is 5.97 Å². The van der Waals surface area contributed by atoms with Crippen molar-refractivity contribution in [2.24, 2.45) is 0 Å². The molecular weight excluding hydrogens is 184 g/mol. The van der Waals surface area contributed by atoms with E-state index in [4.69, 9.17) is 14.6 Å². The summed E-state index contributed by atoms with van der Waals surface area (Å²) in [6, 6.07) is 5.43. The molecule has 0 unspecified atom stereocenters. The van der Waals surface area contributed by atoms with E-state index in [0.29, 0.717) is 17.9 Å². The number of ether oxygens (including phenoxy) is 2. The molecule has 0 amide bonds. The summed E-state index contributed by atoms with van der Waals surface area (Å²) < 4.78 is 10.3. The normalized spacial score (nSPS) is 18.5. The number of carbonyl (C=O) groups is 1. The molecule has 0 aromatic heterocycles. The smallest absolute Gasteiger partial charge is 0.345 e. The van der Waals surface area contributed by atoms with Crippen molar-refractivity contribution >= 4 is 5.97 Å². The van der Waals surface area contributed by atoms with E-state index in [1.165, 1.54) is 7.11 Å². The van der Waals surface area contributed by atoms with Gasteiger partial charge in [-0.25, -0.2) is 4.79 Å². The van der Waals surface area contributed by atoms with Gasteiger partial charge in [-0.2, -0.15) is 0 Å². The van der Waals surface area contributed by atoms with E-state index >= 15 is 0 Å². The van der Waals surface area contributed by atoms with Gasteiger partial charge < -0.3 is 14.6 Å². The summed E-state index contributed by atoms with van der Waals surface area (Å²) in [5.41, 5.74) is 0.886. The molecule has 2 rings (SSSR count). The Hall–Kier alpha value is -1.71. The fraction of sp³-hybridized carbons (Fsp3) is 0.300. The van der Waals surface area contributed by atoms with Gasteiger partial charge in [0.15, 0.2) is 17.6 Å². The molecular formula is C10H10O4. The van der Waals surface area contributed by atoms with Crippen molar-refractivity contribution in [1.82, 2.24) is 0 Å². The summed E-state index contributed by atoms with van der Waals surface area (Å²) >= 11 is 0. The first-order chi connectivity index (χ1) is 6.72. The maximum Gasteiger partial charge on any atom is 0.345 e. The van der Waals surface area contributed by atoms with Crippen LogP contribution in [0.25, 0.3) is 0 Å². The van der Waals surface area contributed by atoms with E-state index in [9.17, 15) is 4.79 Å². The zero-order valence-corrected chi connectivity index (χ0v) is 7.69. The van der Waals surface area contributed by atoms with E-state index in [-0.39, 0.29) is 0 Å². The number of aliphatic carboxylic acids is 1. The molecule has 1 aromatic rings. The topological polar surface area (TPSA) is 55.8 Å². The third-order valence-corrected chi connectivity index (χ3v) is 2.22. The molecule has 1 atom stereocenters. The molecule has 1 aromatic carbocycles. The second kappa shape index (κ2) is 3.21. The standard InChI is InChI=1S/C10H10O4/c1-13-7-4-2-3-6-5-8(10(11)12)14-9(6)7/h2-4,8H,5H2,1H3,(H,11,12)/t8-/m0/s1. The SMILES string of the molecule is COc1cccc2c1O[C@H](C(=O)O)C2. The predicted octanol–water partition coefficient (Wildman–Crippen LogP) is 1.08. The highest BCUT2D eigenvalue weighted by Crippen LogP contribution is 2.37. The van der Waals surface area contributed by atoms with Crippen LogP contribution in [0.5, 0.6) is 11.5 Å². The molecule has 0 saturated carbocycles. The number of carboxylic acid groups (broad SMARTS) is 1. The van der Waals surface area contributed by atoms with Gasteiger partial charge in [0.1, 0.15) is 0 Å². The lowest BCUT2D eigenvalue weighted by molar-refractivity contribution is -0.144. The second-order valence-electron chi connectivity index (χ2n) is 3.10. The number of benzene rings is 1. The number of fused-ring (bicyclic) bond motifs is 1. The van der Waals surface area contributed by atoms with Crippen LogP contribution in [0, 0.1) is 0 Å². The number of rotatable bonds is 2. The lowest BCUT2D eigenvalue weighted by atomic mass is 10.1. The number of hydrogen-bond donors (Lipinski definition) is 1. The highest BCUT2D eigenvalue weighted by atomic mass is 16.5. The van der Waals surface area contributed by atoms with Crippen LogP contribution in [0.2, 0.25) is 0 Å². The van der Waals surface area contributed by atoms with Gasteiger partial charge in [-0.1, -0.05) is 12.1 Å². The molecule has 1 N–H and O–H groups in total. The zero-order chi connectivity index (χ0) is 10.1. The summed E-state index contributed by atoms with van der Waals surface area (Å²) in [5.74, 6) is 0.205. The Labute approximate surface area is 81.1 Å². The lowest BCUT2D eigenvalue weighted by Gasteiger charge is -2.07. The first-order valence-electron chi connectivity index (χ1n) is 4.27. The number of carboxylic acids is 1. The Kier molecular flexibility index (Phi) is 2.04. The third-order valence-electron chi connectivity index (χ3n) is 2.22. The molecule has 4 nitrogen and oxygen atoms in total. The Morgan fingerprint density at radius 1 is 1.64 bits per heavy atom. The fourth-order valence-corrected chi connectivity index (χ4v) is 1.54. The summed E-state index contributed by atoms with van der Waals surface area (Å²) in [4.78, 5) is 10.7. The van der Waals surface area contributed by atoms with Crippen LogP contribution >= 0.6 is 0 Å². The van der Waals surface area contributed by atoms with Gasteiger partial charge in [0.05, 0.1) is 7.11 Å². The van der Waals surface area contributed by atoms with Gasteiger partial charge in [0.2, 0.25) is 0 Å². The maximum atomic E-state index is 10.7. The van der Waals surface area contributed by atoms with Gasteiger partial charge in [-0.3, -0.25) is 0 Å². The second-order valence-corrected chi connectivity index (χ2v) is 3.10. The van der Waals surface area contributed by atoms with Crippen LogP contribution in [-0.4, -0.2) is 24.3 Å². The lowest BCUT2D eigenvalue weighted by Crippen LogP contribution is -2.24. The minimum atomic E-state index is -0.941. The molecule has 1 aliphatic rings. The molecule has 74 valence electrons. The van der Waals surface area contributed by atoms with Gasteiger partial charge in [-0.15, -0.1) is 0 Å². The highest BCUT2D eigenvalue weighted by Gasteiger charge is 2.30. The average Bonchev–Trinajstić information content (AvgIpc) is 2.60. The van der Waals surface area contributed by atoms with E-state index in [0.717, 1.165) is 5.56 Å². The number of hydrogen-bond acceptors (Lipinski definition) is 3. The van der Waals surface area contributed by atoms with Crippen LogP contribution < -0.4 is 9.47 Å². The van der Waals surface area contributed by atoms with Crippen molar-refractivity contribution in [2.75, 3.05) is 7.11 Å². The number of methoxy groups -OCH3 is 1. The molecule has 4 heteroatoms. The monoisotopic (exact) mass is 194 g/mol. The summed E-state index contributed by atoms with van der Waals surface area (Å²) in [6.07, 6.45) is -0.372. The van der Waals surface area contributed by atoms with Crippen LogP contribution in [0.1, 0.15) is 5.56 Å². The number of para-hydroxylation sites is 1. The van der Waals surface area contributed by atoms with Crippen LogP contribution in [0.4, 0.5) is 0 Å². The van der Waals surface area contributed by atoms with Gasteiger partial charge in [-0.05, 0) is 6.07 Å². The molecule has 0 radical (unpaired) electrons. The predicted molar refractivity (Wildman–Crippen MR) is 48.7 cm³/mol. The van der Waals surface area contributed by atoms with E-state index in [1.807, 2.05) is 12.1 Å². The summed E-state index contributed by atoms with van der Waals surface area (Å²) in [6.45, 7) is 0. The van der Waals surface area contributed by atoms with Crippen molar-refractivity contribution in [3.8, 4) is 11.5 Å². The molecule has 0 fully saturated rings. The van der Waals surface area contributed by atoms with Crippen molar-refractivity contribution in [3.63, 3.8) is 0 Å². The molecule has 0 bridgehead atoms. The summed E-state index contributed by atoms with van der Waals surface area (Å²) in [7, 11) is 1.53. The highest BCUT2D eigenvalue weighted by molar-refractivity contribution is 5.75. The van der Waals surface area contributed by atoms with E-state index in [2.05, 4.69) is 0 Å². The first kappa shape index (κ1) is 8.87. The molecule has 1 aliphatic heterocycles. The Balaban J connectivity index is 2.34.